The summed E-state index contributed by atoms with van der Waals surface area (Å²) in [5.41, 5.74) is 5.60. The summed E-state index contributed by atoms with van der Waals surface area (Å²) in [6, 6.07) is 0.589. The number of nitrogens with zero attached hydrogens (tertiary/aromatic N) is 1. The number of ether oxygens (including phenoxy) is 1. The van der Waals surface area contributed by atoms with Gasteiger partial charge in [-0.05, 0) is 45.3 Å². The minimum Gasteiger partial charge on any atom is -0.383 e. The number of rotatable bonds is 6. The van der Waals surface area contributed by atoms with E-state index in [-0.39, 0.29) is 0 Å². The number of hydrogen-bond donors (Lipinski definition) is 1. The first-order valence-electron chi connectivity index (χ1n) is 6.81. The average Bonchev–Trinajstić information content (AvgIpc) is 2.24. The molecule has 1 unspecified atom stereocenters. The Morgan fingerprint density at radius 2 is 1.75 bits per heavy atom. The fourth-order valence-electron chi connectivity index (χ4n) is 2.55. The first kappa shape index (κ1) is 13.9. The molecule has 1 fully saturated rings. The zero-order chi connectivity index (χ0) is 11.6. The quantitative estimate of drug-likeness (QED) is 0.756. The van der Waals surface area contributed by atoms with Crippen LogP contribution >= 0.6 is 0 Å². The Balaban J connectivity index is 2.38. The van der Waals surface area contributed by atoms with E-state index in [1.807, 2.05) is 0 Å². The van der Waals surface area contributed by atoms with Crippen molar-refractivity contribution in [2.75, 3.05) is 33.4 Å². The number of nitrogens with two attached hydrogens (primary N) is 1. The minimum atomic E-state index is 0.589. The molecule has 0 amide bonds. The minimum absolute atomic E-state index is 0.589. The SMILES string of the molecule is COCC(CCCN)N1CCCCCCC1. The number of methoxy groups -OCH3 is 1. The normalized spacial score (nSPS) is 21.4. The Hall–Kier alpha value is -0.120. The molecular formula is C13H28N2O. The molecule has 0 spiro atoms. The Morgan fingerprint density at radius 1 is 1.12 bits per heavy atom. The van der Waals surface area contributed by atoms with Crippen LogP contribution in [0, 0.1) is 0 Å². The lowest BCUT2D eigenvalue weighted by Crippen LogP contribution is -2.40. The molecule has 0 aromatic rings. The molecule has 16 heavy (non-hydrogen) atoms. The highest BCUT2D eigenvalue weighted by atomic mass is 16.5. The van der Waals surface area contributed by atoms with Gasteiger partial charge in [0.05, 0.1) is 6.61 Å². The van der Waals surface area contributed by atoms with Crippen LogP contribution in [-0.4, -0.2) is 44.3 Å². The van der Waals surface area contributed by atoms with E-state index >= 15 is 0 Å². The summed E-state index contributed by atoms with van der Waals surface area (Å²) in [5.74, 6) is 0. The molecular weight excluding hydrogens is 200 g/mol. The molecule has 1 aliphatic heterocycles. The van der Waals surface area contributed by atoms with Crippen molar-refractivity contribution in [3.63, 3.8) is 0 Å². The second-order valence-electron chi connectivity index (χ2n) is 4.84. The van der Waals surface area contributed by atoms with Crippen LogP contribution in [0.2, 0.25) is 0 Å². The summed E-state index contributed by atoms with van der Waals surface area (Å²) in [4.78, 5) is 2.62. The van der Waals surface area contributed by atoms with Crippen LogP contribution in [0.3, 0.4) is 0 Å². The van der Waals surface area contributed by atoms with Gasteiger partial charge in [0.2, 0.25) is 0 Å². The molecule has 96 valence electrons. The second-order valence-corrected chi connectivity index (χ2v) is 4.84. The lowest BCUT2D eigenvalue weighted by Gasteiger charge is -2.32. The van der Waals surface area contributed by atoms with Gasteiger partial charge in [0.25, 0.3) is 0 Å². The van der Waals surface area contributed by atoms with Crippen molar-refractivity contribution in [3.05, 3.63) is 0 Å². The van der Waals surface area contributed by atoms with Crippen LogP contribution in [0.25, 0.3) is 0 Å². The van der Waals surface area contributed by atoms with Crippen LogP contribution in [-0.2, 0) is 4.74 Å². The van der Waals surface area contributed by atoms with Gasteiger partial charge in [0.15, 0.2) is 0 Å². The fraction of sp³-hybridized carbons (Fsp3) is 1.00. The Morgan fingerprint density at radius 3 is 2.31 bits per heavy atom. The van der Waals surface area contributed by atoms with Crippen molar-refractivity contribution >= 4 is 0 Å². The maximum absolute atomic E-state index is 5.60. The lowest BCUT2D eigenvalue weighted by atomic mass is 10.0. The van der Waals surface area contributed by atoms with Crippen molar-refractivity contribution in [2.24, 2.45) is 5.73 Å². The van der Waals surface area contributed by atoms with E-state index in [9.17, 15) is 0 Å². The van der Waals surface area contributed by atoms with Gasteiger partial charge >= 0.3 is 0 Å². The number of likely N-dealkylation sites (tertiary alicyclic amines) is 1. The summed E-state index contributed by atoms with van der Waals surface area (Å²) < 4.78 is 5.34. The molecule has 0 bridgehead atoms. The maximum atomic E-state index is 5.60. The largest absolute Gasteiger partial charge is 0.383 e. The summed E-state index contributed by atoms with van der Waals surface area (Å²) in [6.07, 6.45) is 9.21. The van der Waals surface area contributed by atoms with Crippen molar-refractivity contribution in [2.45, 2.75) is 51.0 Å². The highest BCUT2D eigenvalue weighted by Gasteiger charge is 2.18. The molecule has 0 aromatic carbocycles. The molecule has 2 N–H and O–H groups in total. The molecule has 1 aliphatic rings. The third-order valence-corrected chi connectivity index (χ3v) is 3.51. The van der Waals surface area contributed by atoms with Gasteiger partial charge in [-0.1, -0.05) is 19.3 Å². The summed E-state index contributed by atoms with van der Waals surface area (Å²) in [7, 11) is 1.81. The van der Waals surface area contributed by atoms with Crippen LogP contribution in [0.5, 0.6) is 0 Å². The fourth-order valence-corrected chi connectivity index (χ4v) is 2.55. The standard InChI is InChI=1S/C13H28N2O/c1-16-12-13(8-7-9-14)15-10-5-3-2-4-6-11-15/h13H,2-12,14H2,1H3. The molecule has 0 aliphatic carbocycles. The molecule has 1 atom stereocenters. The molecule has 0 radical (unpaired) electrons. The van der Waals surface area contributed by atoms with E-state index in [0.29, 0.717) is 6.04 Å². The predicted molar refractivity (Wildman–Crippen MR) is 68.6 cm³/mol. The van der Waals surface area contributed by atoms with E-state index in [0.717, 1.165) is 19.6 Å². The lowest BCUT2D eigenvalue weighted by molar-refractivity contribution is 0.0783. The van der Waals surface area contributed by atoms with Gasteiger partial charge in [-0.25, -0.2) is 0 Å². The average molecular weight is 228 g/mol. The van der Waals surface area contributed by atoms with Crippen LogP contribution in [0.15, 0.2) is 0 Å². The summed E-state index contributed by atoms with van der Waals surface area (Å²) in [5, 5.41) is 0. The van der Waals surface area contributed by atoms with E-state index in [2.05, 4.69) is 4.90 Å². The Bertz CT molecular complexity index is 153. The first-order chi connectivity index (χ1) is 7.88. The zero-order valence-corrected chi connectivity index (χ0v) is 10.8. The van der Waals surface area contributed by atoms with Crippen molar-refractivity contribution in [3.8, 4) is 0 Å². The van der Waals surface area contributed by atoms with E-state index in [4.69, 9.17) is 10.5 Å². The number of hydrogen-bond acceptors (Lipinski definition) is 3. The molecule has 3 nitrogen and oxygen atoms in total. The predicted octanol–water partition coefficient (Wildman–Crippen LogP) is 2.01. The third kappa shape index (κ3) is 5.28. The zero-order valence-electron chi connectivity index (χ0n) is 10.8. The van der Waals surface area contributed by atoms with Gasteiger partial charge in [-0.3, -0.25) is 4.90 Å². The van der Waals surface area contributed by atoms with Gasteiger partial charge < -0.3 is 10.5 Å². The van der Waals surface area contributed by atoms with Gasteiger partial charge in [-0.15, -0.1) is 0 Å². The van der Waals surface area contributed by atoms with Crippen LogP contribution < -0.4 is 5.73 Å². The molecule has 0 aromatic heterocycles. The molecule has 1 rings (SSSR count). The van der Waals surface area contributed by atoms with Gasteiger partial charge in [-0.2, -0.15) is 0 Å². The van der Waals surface area contributed by atoms with E-state index in [1.165, 1.54) is 51.6 Å². The second kappa shape index (κ2) is 8.97. The highest BCUT2D eigenvalue weighted by molar-refractivity contribution is 4.73. The summed E-state index contributed by atoms with van der Waals surface area (Å²) in [6.45, 7) is 4.16. The summed E-state index contributed by atoms with van der Waals surface area (Å²) >= 11 is 0. The van der Waals surface area contributed by atoms with Gasteiger partial charge in [0.1, 0.15) is 0 Å². The van der Waals surface area contributed by atoms with Gasteiger partial charge in [0, 0.05) is 13.2 Å². The smallest absolute Gasteiger partial charge is 0.0618 e. The van der Waals surface area contributed by atoms with Crippen LogP contribution in [0.1, 0.15) is 44.9 Å². The van der Waals surface area contributed by atoms with Crippen molar-refractivity contribution in [1.29, 1.82) is 0 Å². The molecule has 3 heteroatoms. The van der Waals surface area contributed by atoms with E-state index in [1.54, 1.807) is 7.11 Å². The highest BCUT2D eigenvalue weighted by Crippen LogP contribution is 2.15. The van der Waals surface area contributed by atoms with Crippen molar-refractivity contribution in [1.82, 2.24) is 4.90 Å². The molecule has 1 heterocycles. The topological polar surface area (TPSA) is 38.5 Å². The Labute approximate surface area is 100 Å². The molecule has 0 saturated carbocycles. The van der Waals surface area contributed by atoms with Crippen molar-refractivity contribution < 1.29 is 4.74 Å². The van der Waals surface area contributed by atoms with E-state index < -0.39 is 0 Å². The molecule has 1 saturated heterocycles. The van der Waals surface area contributed by atoms with Crippen LogP contribution in [0.4, 0.5) is 0 Å². The first-order valence-corrected chi connectivity index (χ1v) is 6.81. The Kier molecular flexibility index (Phi) is 7.81. The monoisotopic (exact) mass is 228 g/mol. The third-order valence-electron chi connectivity index (χ3n) is 3.51. The maximum Gasteiger partial charge on any atom is 0.0618 e.